The molecule has 0 aliphatic heterocycles. The first-order chi connectivity index (χ1) is 16.1. The van der Waals surface area contributed by atoms with Crippen molar-refractivity contribution in [3.8, 4) is 17.1 Å². The van der Waals surface area contributed by atoms with Crippen molar-refractivity contribution in [2.45, 2.75) is 24.3 Å². The Morgan fingerprint density at radius 3 is 2.27 bits per heavy atom. The molecule has 8 heteroatoms. The van der Waals surface area contributed by atoms with Crippen LogP contribution in [-0.2, 0) is 4.79 Å². The number of carbonyl (C=O) groups excluding carboxylic acids is 1. The second-order valence-electron chi connectivity index (χ2n) is 7.27. The molecule has 0 spiro atoms. The number of pyridine rings is 1. The van der Waals surface area contributed by atoms with E-state index >= 15 is 0 Å². The maximum Gasteiger partial charge on any atom is 0.240 e. The van der Waals surface area contributed by atoms with E-state index in [9.17, 15) is 9.18 Å². The van der Waals surface area contributed by atoms with Gasteiger partial charge in [0.05, 0.1) is 0 Å². The molecule has 33 heavy (non-hydrogen) atoms. The van der Waals surface area contributed by atoms with Crippen molar-refractivity contribution in [2.24, 2.45) is 0 Å². The highest BCUT2D eigenvalue weighted by atomic mass is 32.2. The number of benzene rings is 2. The van der Waals surface area contributed by atoms with Gasteiger partial charge in [-0.25, -0.2) is 4.39 Å². The normalized spacial score (nSPS) is 11.8. The maximum absolute atomic E-state index is 13.7. The molecule has 2 aromatic carbocycles. The molecule has 2 aromatic heterocycles. The second-order valence-corrected chi connectivity index (χ2v) is 8.35. The standard InChI is InChI=1S/C25H24FN5OS/c1-3-30(4-2)24(32)22(18-8-6-5-7-9-18)33-25-29-28-23(19-14-16-27-17-15-19)31(25)21-12-10-20(26)11-13-21/h5-17,22H,3-4H2,1-2H3. The van der Waals surface area contributed by atoms with Crippen LogP contribution in [0.25, 0.3) is 17.1 Å². The fraction of sp³-hybridized carbons (Fsp3) is 0.200. The predicted octanol–water partition coefficient (Wildman–Crippen LogP) is 5.17. The van der Waals surface area contributed by atoms with E-state index < -0.39 is 5.25 Å². The first-order valence-corrected chi connectivity index (χ1v) is 11.6. The molecule has 2 heterocycles. The number of nitrogens with zero attached hydrogens (tertiary/aromatic N) is 5. The molecule has 0 N–H and O–H groups in total. The number of thioether (sulfide) groups is 1. The third kappa shape index (κ3) is 4.96. The molecule has 0 saturated carbocycles. The van der Waals surface area contributed by atoms with Crippen molar-refractivity contribution >= 4 is 17.7 Å². The highest BCUT2D eigenvalue weighted by Gasteiger charge is 2.29. The summed E-state index contributed by atoms with van der Waals surface area (Å²) in [6.07, 6.45) is 3.37. The highest BCUT2D eigenvalue weighted by Crippen LogP contribution is 2.38. The first-order valence-electron chi connectivity index (χ1n) is 10.7. The van der Waals surface area contributed by atoms with Crippen molar-refractivity contribution in [3.63, 3.8) is 0 Å². The van der Waals surface area contributed by atoms with E-state index in [0.29, 0.717) is 29.8 Å². The summed E-state index contributed by atoms with van der Waals surface area (Å²) in [6.45, 7) is 5.17. The Labute approximate surface area is 196 Å². The van der Waals surface area contributed by atoms with Gasteiger partial charge in [0.1, 0.15) is 11.1 Å². The van der Waals surface area contributed by atoms with Gasteiger partial charge in [0.15, 0.2) is 11.0 Å². The topological polar surface area (TPSA) is 63.9 Å². The van der Waals surface area contributed by atoms with Crippen LogP contribution < -0.4 is 0 Å². The number of halogens is 1. The molecule has 4 aromatic rings. The Morgan fingerprint density at radius 2 is 1.64 bits per heavy atom. The van der Waals surface area contributed by atoms with Crippen molar-refractivity contribution in [1.29, 1.82) is 0 Å². The summed E-state index contributed by atoms with van der Waals surface area (Å²) in [7, 11) is 0. The molecule has 0 fully saturated rings. The Kier molecular flexibility index (Phi) is 7.14. The van der Waals surface area contributed by atoms with E-state index in [0.717, 1.165) is 11.1 Å². The number of likely N-dealkylation sites (N-methyl/N-ethyl adjacent to an activating group) is 1. The Hall–Kier alpha value is -3.52. The fourth-order valence-electron chi connectivity index (χ4n) is 3.55. The number of amides is 1. The van der Waals surface area contributed by atoms with E-state index in [-0.39, 0.29) is 11.7 Å². The van der Waals surface area contributed by atoms with Gasteiger partial charge in [-0.05, 0) is 55.8 Å². The highest BCUT2D eigenvalue weighted by molar-refractivity contribution is 8.00. The number of carbonyl (C=O) groups is 1. The summed E-state index contributed by atoms with van der Waals surface area (Å²) in [5.41, 5.74) is 2.41. The molecule has 0 radical (unpaired) electrons. The van der Waals surface area contributed by atoms with Crippen molar-refractivity contribution in [1.82, 2.24) is 24.6 Å². The van der Waals surface area contributed by atoms with Gasteiger partial charge in [-0.2, -0.15) is 0 Å². The molecule has 0 aliphatic carbocycles. The summed E-state index contributed by atoms with van der Waals surface area (Å²) in [5, 5.41) is 8.91. The molecule has 1 amide bonds. The van der Waals surface area contributed by atoms with Gasteiger partial charge in [0.2, 0.25) is 5.91 Å². The Morgan fingerprint density at radius 1 is 0.970 bits per heavy atom. The van der Waals surface area contributed by atoms with E-state index in [1.807, 2.05) is 65.8 Å². The predicted molar refractivity (Wildman–Crippen MR) is 128 cm³/mol. The minimum Gasteiger partial charge on any atom is -0.342 e. The zero-order valence-electron chi connectivity index (χ0n) is 18.4. The number of hydrogen-bond donors (Lipinski definition) is 0. The van der Waals surface area contributed by atoms with Crippen LogP contribution >= 0.6 is 11.8 Å². The zero-order chi connectivity index (χ0) is 23.2. The lowest BCUT2D eigenvalue weighted by Crippen LogP contribution is -2.34. The minimum atomic E-state index is -0.500. The fourth-order valence-corrected chi connectivity index (χ4v) is 4.69. The minimum absolute atomic E-state index is 0.00955. The van der Waals surface area contributed by atoms with Gasteiger partial charge in [-0.3, -0.25) is 14.3 Å². The van der Waals surface area contributed by atoms with E-state index in [1.54, 1.807) is 24.5 Å². The van der Waals surface area contributed by atoms with E-state index in [4.69, 9.17) is 0 Å². The lowest BCUT2D eigenvalue weighted by atomic mass is 10.1. The largest absolute Gasteiger partial charge is 0.342 e. The van der Waals surface area contributed by atoms with Gasteiger partial charge >= 0.3 is 0 Å². The maximum atomic E-state index is 13.7. The molecule has 0 aliphatic rings. The Balaban J connectivity index is 1.82. The van der Waals surface area contributed by atoms with Crippen LogP contribution in [0.4, 0.5) is 4.39 Å². The van der Waals surface area contributed by atoms with Crippen LogP contribution in [0.15, 0.2) is 84.3 Å². The average molecular weight is 462 g/mol. The quantitative estimate of drug-likeness (QED) is 0.339. The monoisotopic (exact) mass is 461 g/mol. The summed E-state index contributed by atoms with van der Waals surface area (Å²) < 4.78 is 15.5. The van der Waals surface area contributed by atoms with Gasteiger partial charge in [-0.15, -0.1) is 10.2 Å². The lowest BCUT2D eigenvalue weighted by Gasteiger charge is -2.25. The molecule has 0 bridgehead atoms. The summed E-state index contributed by atoms with van der Waals surface area (Å²) in [5.74, 6) is 0.272. The molecular weight excluding hydrogens is 437 g/mol. The van der Waals surface area contributed by atoms with E-state index in [1.165, 1.54) is 23.9 Å². The summed E-state index contributed by atoms with van der Waals surface area (Å²) in [6, 6.07) is 19.5. The van der Waals surface area contributed by atoms with Crippen LogP contribution in [-0.4, -0.2) is 43.6 Å². The van der Waals surface area contributed by atoms with Gasteiger partial charge in [-0.1, -0.05) is 42.1 Å². The SMILES string of the molecule is CCN(CC)C(=O)C(Sc1nnc(-c2ccncc2)n1-c1ccc(F)cc1)c1ccccc1. The van der Waals surface area contributed by atoms with Crippen LogP contribution in [0.1, 0.15) is 24.7 Å². The average Bonchev–Trinajstić information content (AvgIpc) is 3.28. The van der Waals surface area contributed by atoms with Crippen molar-refractivity contribution in [2.75, 3.05) is 13.1 Å². The Bertz CT molecular complexity index is 1190. The molecule has 1 atom stereocenters. The zero-order valence-corrected chi connectivity index (χ0v) is 19.2. The molecule has 6 nitrogen and oxygen atoms in total. The summed E-state index contributed by atoms with van der Waals surface area (Å²) in [4.78, 5) is 19.4. The second kappa shape index (κ2) is 10.4. The van der Waals surface area contributed by atoms with Gasteiger partial charge in [0.25, 0.3) is 0 Å². The van der Waals surface area contributed by atoms with Gasteiger partial charge < -0.3 is 4.90 Å². The third-order valence-corrected chi connectivity index (χ3v) is 6.47. The molecular formula is C25H24FN5OS. The molecule has 168 valence electrons. The smallest absolute Gasteiger partial charge is 0.240 e. The molecule has 4 rings (SSSR count). The van der Waals surface area contributed by atoms with Crippen LogP contribution in [0, 0.1) is 5.82 Å². The number of aromatic nitrogens is 4. The van der Waals surface area contributed by atoms with Crippen molar-refractivity contribution in [3.05, 3.63) is 90.5 Å². The van der Waals surface area contributed by atoms with Crippen molar-refractivity contribution < 1.29 is 9.18 Å². The van der Waals surface area contributed by atoms with Crippen LogP contribution in [0.2, 0.25) is 0 Å². The molecule has 1 unspecified atom stereocenters. The summed E-state index contributed by atoms with van der Waals surface area (Å²) >= 11 is 1.34. The number of hydrogen-bond acceptors (Lipinski definition) is 5. The number of rotatable bonds is 8. The van der Waals surface area contributed by atoms with E-state index in [2.05, 4.69) is 15.2 Å². The van der Waals surface area contributed by atoms with Crippen LogP contribution in [0.3, 0.4) is 0 Å². The molecule has 0 saturated heterocycles. The third-order valence-electron chi connectivity index (χ3n) is 5.28. The van der Waals surface area contributed by atoms with Gasteiger partial charge in [0, 0.05) is 36.7 Å². The lowest BCUT2D eigenvalue weighted by molar-refractivity contribution is -0.130. The van der Waals surface area contributed by atoms with Crippen LogP contribution in [0.5, 0.6) is 0 Å². The first kappa shape index (κ1) is 22.7.